The Bertz CT molecular complexity index is 632. The monoisotopic (exact) mass is 317 g/mol. The van der Waals surface area contributed by atoms with Gasteiger partial charge in [-0.3, -0.25) is 9.48 Å². The highest BCUT2D eigenvalue weighted by molar-refractivity contribution is 7.07. The van der Waals surface area contributed by atoms with E-state index >= 15 is 0 Å². The van der Waals surface area contributed by atoms with Gasteiger partial charge in [-0.25, -0.2) is 0 Å². The van der Waals surface area contributed by atoms with Crippen LogP contribution >= 0.6 is 11.3 Å². The smallest absolute Gasteiger partial charge is 0.223 e. The van der Waals surface area contributed by atoms with Crippen molar-refractivity contribution >= 4 is 17.2 Å². The van der Waals surface area contributed by atoms with Gasteiger partial charge < -0.3 is 4.90 Å². The third-order valence-electron chi connectivity index (χ3n) is 4.39. The predicted octanol–water partition coefficient (Wildman–Crippen LogP) is 3.19. The minimum atomic E-state index is 0.287. The van der Waals surface area contributed by atoms with E-state index in [1.165, 1.54) is 11.3 Å². The Morgan fingerprint density at radius 3 is 3.00 bits per heavy atom. The van der Waals surface area contributed by atoms with Crippen molar-refractivity contribution < 1.29 is 4.79 Å². The lowest BCUT2D eigenvalue weighted by Gasteiger charge is -2.25. The highest BCUT2D eigenvalue weighted by Crippen LogP contribution is 2.21. The molecule has 3 heterocycles. The molecule has 1 aliphatic heterocycles. The van der Waals surface area contributed by atoms with E-state index in [1.807, 2.05) is 11.6 Å². The molecule has 4 nitrogen and oxygen atoms in total. The largest absolute Gasteiger partial charge is 0.338 e. The van der Waals surface area contributed by atoms with Gasteiger partial charge in [0.15, 0.2) is 0 Å². The molecule has 1 fully saturated rings. The van der Waals surface area contributed by atoms with E-state index in [0.29, 0.717) is 12.5 Å². The quantitative estimate of drug-likeness (QED) is 0.849. The molecule has 22 heavy (non-hydrogen) atoms. The van der Waals surface area contributed by atoms with Gasteiger partial charge in [0.05, 0.1) is 18.3 Å². The van der Waals surface area contributed by atoms with Crippen LogP contribution in [0.25, 0.3) is 0 Å². The second kappa shape index (κ2) is 6.65. The number of carbonyl (C=O) groups excluding carboxylic acids is 1. The van der Waals surface area contributed by atoms with Crippen LogP contribution in [0.5, 0.6) is 0 Å². The molecule has 1 saturated heterocycles. The molecular formula is C17H23N3OS. The summed E-state index contributed by atoms with van der Waals surface area (Å²) in [7, 11) is 0. The van der Waals surface area contributed by atoms with Gasteiger partial charge in [0.2, 0.25) is 5.91 Å². The Kier molecular flexibility index (Phi) is 4.62. The van der Waals surface area contributed by atoms with Crippen molar-refractivity contribution in [2.75, 3.05) is 6.54 Å². The maximum absolute atomic E-state index is 12.5. The van der Waals surface area contributed by atoms with E-state index in [9.17, 15) is 4.79 Å². The fourth-order valence-electron chi connectivity index (χ4n) is 3.24. The number of rotatable bonds is 5. The maximum Gasteiger partial charge on any atom is 0.223 e. The van der Waals surface area contributed by atoms with Crippen molar-refractivity contribution in [2.24, 2.45) is 0 Å². The number of aryl methyl sites for hydroxylation is 3. The molecule has 1 atom stereocenters. The number of aromatic nitrogens is 2. The van der Waals surface area contributed by atoms with Crippen LogP contribution in [0.4, 0.5) is 0 Å². The molecule has 0 radical (unpaired) electrons. The molecule has 5 heteroatoms. The Labute approximate surface area is 135 Å². The summed E-state index contributed by atoms with van der Waals surface area (Å²) in [4.78, 5) is 14.6. The van der Waals surface area contributed by atoms with Gasteiger partial charge in [-0.15, -0.1) is 0 Å². The fourth-order valence-corrected chi connectivity index (χ4v) is 3.95. The molecule has 0 N–H and O–H groups in total. The van der Waals surface area contributed by atoms with Crippen molar-refractivity contribution in [1.29, 1.82) is 0 Å². The second-order valence-electron chi connectivity index (χ2n) is 6.12. The summed E-state index contributed by atoms with van der Waals surface area (Å²) in [5, 5.41) is 8.73. The number of thiophene rings is 1. The summed E-state index contributed by atoms with van der Waals surface area (Å²) in [5.41, 5.74) is 3.49. The van der Waals surface area contributed by atoms with E-state index in [4.69, 9.17) is 0 Å². The molecule has 1 amide bonds. The Morgan fingerprint density at radius 1 is 1.45 bits per heavy atom. The minimum Gasteiger partial charge on any atom is -0.338 e. The molecule has 0 bridgehead atoms. The zero-order chi connectivity index (χ0) is 15.5. The molecule has 2 aromatic rings. The molecule has 118 valence electrons. The zero-order valence-electron chi connectivity index (χ0n) is 13.3. The molecule has 0 aromatic carbocycles. The maximum atomic E-state index is 12.5. The van der Waals surface area contributed by atoms with Crippen LogP contribution in [0.3, 0.4) is 0 Å². The first-order valence-electron chi connectivity index (χ1n) is 7.95. The second-order valence-corrected chi connectivity index (χ2v) is 6.90. The van der Waals surface area contributed by atoms with Crippen molar-refractivity contribution in [3.05, 3.63) is 39.8 Å². The van der Waals surface area contributed by atoms with Crippen molar-refractivity contribution in [3.63, 3.8) is 0 Å². The standard InChI is InChI=1S/C17H23N3OS/c1-13-10-14(2)20(18-13)11-16-4-3-8-19(16)17(21)6-5-15-7-9-22-12-15/h7,9-10,12,16H,3-6,8,11H2,1-2H3. The normalized spacial score (nSPS) is 18.1. The van der Waals surface area contributed by atoms with Crippen molar-refractivity contribution in [3.8, 4) is 0 Å². The lowest BCUT2D eigenvalue weighted by atomic mass is 10.1. The predicted molar refractivity (Wildman–Crippen MR) is 89.1 cm³/mol. The Morgan fingerprint density at radius 2 is 2.32 bits per heavy atom. The lowest BCUT2D eigenvalue weighted by molar-refractivity contribution is -0.132. The summed E-state index contributed by atoms with van der Waals surface area (Å²) >= 11 is 1.69. The third-order valence-corrected chi connectivity index (χ3v) is 5.12. The number of likely N-dealkylation sites (tertiary alicyclic amines) is 1. The Hall–Kier alpha value is -1.62. The molecular weight excluding hydrogens is 294 g/mol. The van der Waals surface area contributed by atoms with E-state index in [2.05, 4.69) is 39.8 Å². The molecule has 1 aliphatic rings. The third kappa shape index (κ3) is 3.40. The first-order valence-corrected chi connectivity index (χ1v) is 8.89. The minimum absolute atomic E-state index is 0.287. The van der Waals surface area contributed by atoms with E-state index in [0.717, 1.165) is 38.0 Å². The van der Waals surface area contributed by atoms with Gasteiger partial charge in [-0.2, -0.15) is 16.4 Å². The SMILES string of the molecule is Cc1cc(C)n(CC2CCCN2C(=O)CCc2ccsc2)n1. The van der Waals surface area contributed by atoms with Gasteiger partial charge in [-0.1, -0.05) is 0 Å². The van der Waals surface area contributed by atoms with Gasteiger partial charge >= 0.3 is 0 Å². The van der Waals surface area contributed by atoms with E-state index in [1.54, 1.807) is 11.3 Å². The van der Waals surface area contributed by atoms with Gasteiger partial charge in [0.25, 0.3) is 0 Å². The van der Waals surface area contributed by atoms with Gasteiger partial charge in [0, 0.05) is 18.7 Å². The van der Waals surface area contributed by atoms with Crippen LogP contribution in [0.1, 0.15) is 36.2 Å². The number of nitrogens with zero attached hydrogens (tertiary/aromatic N) is 3. The van der Waals surface area contributed by atoms with Crippen LogP contribution in [0.15, 0.2) is 22.9 Å². The Balaban J connectivity index is 1.60. The summed E-state index contributed by atoms with van der Waals surface area (Å²) in [6.45, 7) is 5.82. The summed E-state index contributed by atoms with van der Waals surface area (Å²) in [6.07, 6.45) is 3.66. The van der Waals surface area contributed by atoms with Crippen molar-refractivity contribution in [1.82, 2.24) is 14.7 Å². The number of hydrogen-bond acceptors (Lipinski definition) is 3. The zero-order valence-corrected chi connectivity index (χ0v) is 14.1. The van der Waals surface area contributed by atoms with Crippen LogP contribution < -0.4 is 0 Å². The van der Waals surface area contributed by atoms with Crippen LogP contribution in [-0.4, -0.2) is 33.2 Å². The number of amides is 1. The highest BCUT2D eigenvalue weighted by atomic mass is 32.1. The first-order chi connectivity index (χ1) is 10.6. The lowest BCUT2D eigenvalue weighted by Crippen LogP contribution is -2.38. The summed E-state index contributed by atoms with van der Waals surface area (Å²) in [6, 6.07) is 4.50. The molecule has 2 aromatic heterocycles. The highest BCUT2D eigenvalue weighted by Gasteiger charge is 2.29. The molecule has 3 rings (SSSR count). The van der Waals surface area contributed by atoms with Crippen LogP contribution in [0, 0.1) is 13.8 Å². The topological polar surface area (TPSA) is 38.1 Å². The summed E-state index contributed by atoms with van der Waals surface area (Å²) in [5.74, 6) is 0.287. The molecule has 0 spiro atoms. The van der Waals surface area contributed by atoms with Crippen LogP contribution in [-0.2, 0) is 17.8 Å². The average Bonchev–Trinajstić information content (AvgIpc) is 3.20. The molecule has 0 aliphatic carbocycles. The van der Waals surface area contributed by atoms with Crippen molar-refractivity contribution in [2.45, 2.75) is 52.1 Å². The van der Waals surface area contributed by atoms with Gasteiger partial charge in [-0.05, 0) is 61.6 Å². The average molecular weight is 317 g/mol. The van der Waals surface area contributed by atoms with E-state index in [-0.39, 0.29) is 5.91 Å². The van der Waals surface area contributed by atoms with Crippen LogP contribution in [0.2, 0.25) is 0 Å². The number of carbonyl (C=O) groups is 1. The first kappa shape index (κ1) is 15.3. The molecule has 1 unspecified atom stereocenters. The van der Waals surface area contributed by atoms with E-state index < -0.39 is 0 Å². The van der Waals surface area contributed by atoms with Gasteiger partial charge in [0.1, 0.15) is 0 Å². The number of hydrogen-bond donors (Lipinski definition) is 0. The fraction of sp³-hybridized carbons (Fsp3) is 0.529. The molecule has 0 saturated carbocycles. The summed E-state index contributed by atoms with van der Waals surface area (Å²) < 4.78 is 2.05.